The minimum atomic E-state index is -0.199. The van der Waals surface area contributed by atoms with Crippen molar-refractivity contribution >= 4 is 0 Å². The number of rotatable bonds is 7. The summed E-state index contributed by atoms with van der Waals surface area (Å²) in [6.07, 6.45) is 0.805. The highest BCUT2D eigenvalue weighted by Gasteiger charge is 2.14. The van der Waals surface area contributed by atoms with Crippen molar-refractivity contribution in [2.45, 2.75) is 26.3 Å². The number of hydrogen-bond acceptors (Lipinski definition) is 3. The molecule has 4 heteroatoms. The van der Waals surface area contributed by atoms with Crippen LogP contribution >= 0.6 is 0 Å². The number of benzene rings is 1. The van der Waals surface area contributed by atoms with E-state index < -0.39 is 0 Å². The van der Waals surface area contributed by atoms with E-state index in [1.54, 1.807) is 12.1 Å². The monoisotopic (exact) mass is 239 g/mol. The van der Waals surface area contributed by atoms with E-state index in [9.17, 15) is 4.39 Å². The maximum Gasteiger partial charge on any atom is 0.128 e. The lowest BCUT2D eigenvalue weighted by Crippen LogP contribution is -2.33. The lowest BCUT2D eigenvalue weighted by Gasteiger charge is -2.22. The third-order valence-electron chi connectivity index (χ3n) is 3.11. The molecule has 0 aliphatic rings. The Labute approximate surface area is 103 Å². The second-order valence-corrected chi connectivity index (χ2v) is 4.06. The van der Waals surface area contributed by atoms with Crippen LogP contribution in [0.25, 0.3) is 0 Å². The fourth-order valence-corrected chi connectivity index (χ4v) is 1.94. The summed E-state index contributed by atoms with van der Waals surface area (Å²) in [5.41, 5.74) is 3.34. The van der Waals surface area contributed by atoms with Crippen molar-refractivity contribution in [1.29, 1.82) is 0 Å². The van der Waals surface area contributed by atoms with Crippen molar-refractivity contribution in [3.8, 4) is 0 Å². The fraction of sp³-hybridized carbons (Fsp3) is 0.538. The molecule has 0 saturated heterocycles. The smallest absolute Gasteiger partial charge is 0.128 e. The molecule has 1 atom stereocenters. The third kappa shape index (κ3) is 4.07. The third-order valence-corrected chi connectivity index (χ3v) is 3.11. The van der Waals surface area contributed by atoms with Crippen LogP contribution in [0.3, 0.4) is 0 Å². The van der Waals surface area contributed by atoms with Crippen molar-refractivity contribution < 1.29 is 4.39 Å². The van der Waals surface area contributed by atoms with Crippen LogP contribution in [0.2, 0.25) is 0 Å². The first-order chi connectivity index (χ1) is 8.22. The maximum absolute atomic E-state index is 13.6. The van der Waals surface area contributed by atoms with Crippen molar-refractivity contribution in [3.05, 3.63) is 35.6 Å². The number of halogens is 1. The summed E-state index contributed by atoms with van der Waals surface area (Å²) in [4.78, 5) is 2.30. The first kappa shape index (κ1) is 14.1. The molecule has 0 amide bonds. The molecule has 0 fully saturated rings. The number of nitrogens with zero attached hydrogens (tertiary/aromatic N) is 1. The summed E-state index contributed by atoms with van der Waals surface area (Å²) in [6, 6.07) is 6.65. The molecule has 0 aliphatic carbocycles. The van der Waals surface area contributed by atoms with Gasteiger partial charge in [0.2, 0.25) is 0 Å². The predicted molar refractivity (Wildman–Crippen MR) is 68.9 cm³/mol. The first-order valence-electron chi connectivity index (χ1n) is 6.15. The molecule has 1 unspecified atom stereocenters. The molecule has 0 spiro atoms. The SMILES string of the molecule is CCN(CC)CCC(NN)c1ccccc1F. The lowest BCUT2D eigenvalue weighted by atomic mass is 10.0. The van der Waals surface area contributed by atoms with Crippen LogP contribution in [0.4, 0.5) is 4.39 Å². The highest BCUT2D eigenvalue weighted by molar-refractivity contribution is 5.20. The van der Waals surface area contributed by atoms with Gasteiger partial charge in [0, 0.05) is 5.56 Å². The van der Waals surface area contributed by atoms with Gasteiger partial charge in [-0.1, -0.05) is 32.0 Å². The topological polar surface area (TPSA) is 41.3 Å². The zero-order chi connectivity index (χ0) is 12.7. The highest BCUT2D eigenvalue weighted by Crippen LogP contribution is 2.19. The highest BCUT2D eigenvalue weighted by atomic mass is 19.1. The van der Waals surface area contributed by atoms with E-state index in [4.69, 9.17) is 5.84 Å². The summed E-state index contributed by atoms with van der Waals surface area (Å²) >= 11 is 0. The molecule has 0 saturated carbocycles. The van der Waals surface area contributed by atoms with Crippen LogP contribution in [0.15, 0.2) is 24.3 Å². The number of hydrazine groups is 1. The molecule has 0 radical (unpaired) electrons. The van der Waals surface area contributed by atoms with Crippen molar-refractivity contribution in [2.24, 2.45) is 5.84 Å². The lowest BCUT2D eigenvalue weighted by molar-refractivity contribution is 0.281. The quantitative estimate of drug-likeness (QED) is 0.565. The Morgan fingerprint density at radius 3 is 2.47 bits per heavy atom. The van der Waals surface area contributed by atoms with Crippen LogP contribution in [0.5, 0.6) is 0 Å². The van der Waals surface area contributed by atoms with Crippen molar-refractivity contribution in [3.63, 3.8) is 0 Å². The fourth-order valence-electron chi connectivity index (χ4n) is 1.94. The van der Waals surface area contributed by atoms with E-state index in [0.717, 1.165) is 26.1 Å². The summed E-state index contributed by atoms with van der Waals surface area (Å²) in [6.45, 7) is 7.17. The van der Waals surface area contributed by atoms with Crippen LogP contribution in [-0.2, 0) is 0 Å². The van der Waals surface area contributed by atoms with E-state index >= 15 is 0 Å². The van der Waals surface area contributed by atoms with Crippen molar-refractivity contribution in [2.75, 3.05) is 19.6 Å². The Balaban J connectivity index is 2.63. The molecule has 96 valence electrons. The van der Waals surface area contributed by atoms with Gasteiger partial charge in [-0.25, -0.2) is 4.39 Å². The van der Waals surface area contributed by atoms with E-state index in [0.29, 0.717) is 5.56 Å². The molecule has 0 aliphatic heterocycles. The molecule has 0 bridgehead atoms. The minimum Gasteiger partial charge on any atom is -0.304 e. The summed E-state index contributed by atoms with van der Waals surface area (Å²) in [7, 11) is 0. The van der Waals surface area contributed by atoms with Gasteiger partial charge in [0.05, 0.1) is 6.04 Å². The Kier molecular flexibility index (Phi) is 6.11. The zero-order valence-corrected chi connectivity index (χ0v) is 10.6. The van der Waals surface area contributed by atoms with Gasteiger partial charge in [-0.15, -0.1) is 0 Å². The van der Waals surface area contributed by atoms with E-state index in [2.05, 4.69) is 24.2 Å². The maximum atomic E-state index is 13.6. The molecule has 3 N–H and O–H groups in total. The Hall–Kier alpha value is -0.970. The van der Waals surface area contributed by atoms with Gasteiger partial charge in [0.15, 0.2) is 0 Å². The molecular weight excluding hydrogens is 217 g/mol. The van der Waals surface area contributed by atoms with Gasteiger partial charge in [0.25, 0.3) is 0 Å². The van der Waals surface area contributed by atoms with Crippen LogP contribution < -0.4 is 11.3 Å². The Morgan fingerprint density at radius 2 is 1.94 bits per heavy atom. The first-order valence-corrected chi connectivity index (χ1v) is 6.15. The molecular formula is C13H22FN3. The van der Waals surface area contributed by atoms with Gasteiger partial charge >= 0.3 is 0 Å². The van der Waals surface area contributed by atoms with Gasteiger partial charge in [0.1, 0.15) is 5.82 Å². The summed E-state index contributed by atoms with van der Waals surface area (Å²) < 4.78 is 13.6. The van der Waals surface area contributed by atoms with Crippen LogP contribution in [0.1, 0.15) is 31.9 Å². The molecule has 3 nitrogen and oxygen atoms in total. The van der Waals surface area contributed by atoms with Gasteiger partial charge in [-0.05, 0) is 32.1 Å². The van der Waals surface area contributed by atoms with E-state index in [1.165, 1.54) is 6.07 Å². The Morgan fingerprint density at radius 1 is 1.29 bits per heavy atom. The summed E-state index contributed by atoms with van der Waals surface area (Å²) in [5, 5.41) is 0. The molecule has 0 aromatic heterocycles. The zero-order valence-electron chi connectivity index (χ0n) is 10.6. The Bertz CT molecular complexity index is 326. The van der Waals surface area contributed by atoms with Gasteiger partial charge in [-0.3, -0.25) is 11.3 Å². The van der Waals surface area contributed by atoms with Crippen molar-refractivity contribution in [1.82, 2.24) is 10.3 Å². The summed E-state index contributed by atoms with van der Waals surface area (Å²) in [5.74, 6) is 5.31. The molecule has 0 heterocycles. The molecule has 1 rings (SSSR count). The molecule has 1 aromatic carbocycles. The number of hydrogen-bond donors (Lipinski definition) is 2. The van der Waals surface area contributed by atoms with Crippen LogP contribution in [-0.4, -0.2) is 24.5 Å². The van der Waals surface area contributed by atoms with Crippen LogP contribution in [0, 0.1) is 5.82 Å². The number of nitrogens with one attached hydrogen (secondary N) is 1. The van der Waals surface area contributed by atoms with E-state index in [-0.39, 0.29) is 11.9 Å². The normalized spacial score (nSPS) is 13.0. The molecule has 17 heavy (non-hydrogen) atoms. The second kappa shape index (κ2) is 7.37. The predicted octanol–water partition coefficient (Wildman–Crippen LogP) is 2.06. The average Bonchev–Trinajstić information content (AvgIpc) is 2.36. The average molecular weight is 239 g/mol. The van der Waals surface area contributed by atoms with Gasteiger partial charge in [-0.2, -0.15) is 0 Å². The standard InChI is InChI=1S/C13H22FN3/c1-3-17(4-2)10-9-13(16-15)11-7-5-6-8-12(11)14/h5-8,13,16H,3-4,9-10,15H2,1-2H3. The molecule has 1 aromatic rings. The largest absolute Gasteiger partial charge is 0.304 e. The van der Waals surface area contributed by atoms with E-state index in [1.807, 2.05) is 6.07 Å². The minimum absolute atomic E-state index is 0.128. The second-order valence-electron chi connectivity index (χ2n) is 4.06. The van der Waals surface area contributed by atoms with Gasteiger partial charge < -0.3 is 4.90 Å². The number of nitrogens with two attached hydrogens (primary N) is 1.